The molecule has 0 aromatic heterocycles. The van der Waals surface area contributed by atoms with E-state index in [0.29, 0.717) is 24.7 Å². The first kappa shape index (κ1) is 16.1. The zero-order valence-corrected chi connectivity index (χ0v) is 12.2. The first-order valence-electron chi connectivity index (χ1n) is 6.32. The lowest BCUT2D eigenvalue weighted by Crippen LogP contribution is -2.29. The highest BCUT2D eigenvalue weighted by molar-refractivity contribution is 7.89. The van der Waals surface area contributed by atoms with Crippen LogP contribution in [-0.2, 0) is 21.3 Å². The van der Waals surface area contributed by atoms with Crippen LogP contribution in [0.4, 0.5) is 0 Å². The van der Waals surface area contributed by atoms with Crippen LogP contribution in [0.3, 0.4) is 0 Å². The van der Waals surface area contributed by atoms with Gasteiger partial charge in [-0.1, -0.05) is 32.0 Å². The van der Waals surface area contributed by atoms with E-state index in [2.05, 4.69) is 4.72 Å². The molecule has 0 aliphatic carbocycles. The Hall–Kier alpha value is -0.950. The molecular formula is C13H22N2O3S. The van der Waals surface area contributed by atoms with Crippen molar-refractivity contribution in [1.29, 1.82) is 0 Å². The van der Waals surface area contributed by atoms with Gasteiger partial charge in [0.25, 0.3) is 0 Å². The topological polar surface area (TPSA) is 81.4 Å². The van der Waals surface area contributed by atoms with Crippen molar-refractivity contribution in [3.05, 3.63) is 29.8 Å². The molecule has 19 heavy (non-hydrogen) atoms. The van der Waals surface area contributed by atoms with Crippen molar-refractivity contribution >= 4 is 10.0 Å². The lowest BCUT2D eigenvalue weighted by Gasteiger charge is -2.11. The van der Waals surface area contributed by atoms with Gasteiger partial charge in [0, 0.05) is 19.7 Å². The average Bonchev–Trinajstić information content (AvgIpc) is 2.37. The van der Waals surface area contributed by atoms with Gasteiger partial charge in [-0.2, -0.15) is 0 Å². The highest BCUT2D eigenvalue weighted by Crippen LogP contribution is 2.14. The maximum Gasteiger partial charge on any atom is 0.240 e. The molecule has 6 heteroatoms. The third kappa shape index (κ3) is 5.28. The van der Waals surface area contributed by atoms with Crippen molar-refractivity contribution < 1.29 is 13.2 Å². The minimum Gasteiger partial charge on any atom is -0.380 e. The molecule has 1 aromatic carbocycles. The standard InChI is InChI=1S/C13H22N2O3S/c1-11(2)10-18-8-7-15-19(16,17)13-6-4-3-5-12(13)9-14/h3-6,11,15H,7-10,14H2,1-2H3. The van der Waals surface area contributed by atoms with Crippen molar-refractivity contribution in [3.8, 4) is 0 Å². The summed E-state index contributed by atoms with van der Waals surface area (Å²) >= 11 is 0. The second kappa shape index (κ2) is 7.59. The van der Waals surface area contributed by atoms with Gasteiger partial charge in [0.1, 0.15) is 0 Å². The zero-order chi connectivity index (χ0) is 14.3. The molecule has 0 radical (unpaired) electrons. The van der Waals surface area contributed by atoms with E-state index < -0.39 is 10.0 Å². The van der Waals surface area contributed by atoms with Crippen molar-refractivity contribution in [2.45, 2.75) is 25.3 Å². The van der Waals surface area contributed by atoms with Crippen LogP contribution in [0.1, 0.15) is 19.4 Å². The Balaban J connectivity index is 2.56. The summed E-state index contributed by atoms with van der Waals surface area (Å²) in [7, 11) is -3.51. The van der Waals surface area contributed by atoms with Crippen LogP contribution < -0.4 is 10.5 Å². The molecular weight excluding hydrogens is 264 g/mol. The maximum absolute atomic E-state index is 12.1. The number of sulfonamides is 1. The van der Waals surface area contributed by atoms with Crippen LogP contribution in [-0.4, -0.2) is 28.2 Å². The summed E-state index contributed by atoms with van der Waals surface area (Å²) in [4.78, 5) is 0.237. The SMILES string of the molecule is CC(C)COCCNS(=O)(=O)c1ccccc1CN. The second-order valence-corrected chi connectivity index (χ2v) is 6.41. The number of nitrogens with two attached hydrogens (primary N) is 1. The van der Waals surface area contributed by atoms with Crippen LogP contribution in [0, 0.1) is 5.92 Å². The lowest BCUT2D eigenvalue weighted by atomic mass is 10.2. The largest absolute Gasteiger partial charge is 0.380 e. The molecule has 0 heterocycles. The van der Waals surface area contributed by atoms with E-state index >= 15 is 0 Å². The molecule has 108 valence electrons. The Bertz CT molecular complexity index is 486. The molecule has 0 saturated carbocycles. The number of rotatable bonds is 8. The Morgan fingerprint density at radius 2 is 2.00 bits per heavy atom. The summed E-state index contributed by atoms with van der Waals surface area (Å²) in [6, 6.07) is 6.72. The molecule has 3 N–H and O–H groups in total. The van der Waals surface area contributed by atoms with Crippen molar-refractivity contribution in [2.24, 2.45) is 11.7 Å². The van der Waals surface area contributed by atoms with Crippen molar-refractivity contribution in [3.63, 3.8) is 0 Å². The smallest absolute Gasteiger partial charge is 0.240 e. The van der Waals surface area contributed by atoms with Crippen molar-refractivity contribution in [1.82, 2.24) is 4.72 Å². The lowest BCUT2D eigenvalue weighted by molar-refractivity contribution is 0.114. The fourth-order valence-corrected chi connectivity index (χ4v) is 2.84. The summed E-state index contributed by atoms with van der Waals surface area (Å²) in [5.74, 6) is 0.439. The van der Waals surface area contributed by atoms with Gasteiger partial charge >= 0.3 is 0 Å². The summed E-state index contributed by atoms with van der Waals surface area (Å²) in [6.07, 6.45) is 0. The van der Waals surface area contributed by atoms with Gasteiger partial charge in [0.2, 0.25) is 10.0 Å². The Morgan fingerprint density at radius 3 is 2.63 bits per heavy atom. The fraction of sp³-hybridized carbons (Fsp3) is 0.538. The normalized spacial score (nSPS) is 12.0. The van der Waals surface area contributed by atoms with E-state index in [0.717, 1.165) is 0 Å². The van der Waals surface area contributed by atoms with Gasteiger partial charge in [-0.3, -0.25) is 0 Å². The van der Waals surface area contributed by atoms with Gasteiger partial charge in [-0.25, -0.2) is 13.1 Å². The Labute approximate surface area is 115 Å². The molecule has 0 aliphatic heterocycles. The summed E-state index contributed by atoms with van der Waals surface area (Å²) in [6.45, 7) is 5.53. The van der Waals surface area contributed by atoms with Gasteiger partial charge in [0.05, 0.1) is 11.5 Å². The van der Waals surface area contributed by atoms with Crippen LogP contribution in [0.15, 0.2) is 29.2 Å². The van der Waals surface area contributed by atoms with E-state index in [-0.39, 0.29) is 18.0 Å². The van der Waals surface area contributed by atoms with Crippen LogP contribution >= 0.6 is 0 Å². The molecule has 0 amide bonds. The van der Waals surface area contributed by atoms with Crippen LogP contribution in [0.25, 0.3) is 0 Å². The van der Waals surface area contributed by atoms with Crippen molar-refractivity contribution in [2.75, 3.05) is 19.8 Å². The van der Waals surface area contributed by atoms with Crippen LogP contribution in [0.2, 0.25) is 0 Å². The van der Waals surface area contributed by atoms with Gasteiger partial charge < -0.3 is 10.5 Å². The molecule has 0 fully saturated rings. The predicted molar refractivity (Wildman–Crippen MR) is 75.2 cm³/mol. The van der Waals surface area contributed by atoms with E-state index in [1.54, 1.807) is 24.3 Å². The molecule has 0 bridgehead atoms. The molecule has 1 aromatic rings. The number of hydrogen-bond donors (Lipinski definition) is 2. The number of nitrogens with one attached hydrogen (secondary N) is 1. The van der Waals surface area contributed by atoms with E-state index in [1.807, 2.05) is 13.8 Å². The maximum atomic E-state index is 12.1. The molecule has 0 aliphatic rings. The molecule has 0 spiro atoms. The molecule has 5 nitrogen and oxygen atoms in total. The van der Waals surface area contributed by atoms with E-state index in [4.69, 9.17) is 10.5 Å². The summed E-state index contributed by atoms with van der Waals surface area (Å²) < 4.78 is 32.0. The minimum atomic E-state index is -3.51. The Morgan fingerprint density at radius 1 is 1.32 bits per heavy atom. The molecule has 0 saturated heterocycles. The first-order chi connectivity index (χ1) is 8.97. The average molecular weight is 286 g/mol. The highest BCUT2D eigenvalue weighted by atomic mass is 32.2. The fourth-order valence-electron chi connectivity index (χ4n) is 1.58. The van der Waals surface area contributed by atoms with Crippen LogP contribution in [0.5, 0.6) is 0 Å². The molecule has 0 atom stereocenters. The third-order valence-electron chi connectivity index (χ3n) is 2.47. The third-order valence-corrected chi connectivity index (χ3v) is 4.03. The van der Waals surface area contributed by atoms with Gasteiger partial charge in [-0.15, -0.1) is 0 Å². The van der Waals surface area contributed by atoms with E-state index in [1.165, 1.54) is 0 Å². The minimum absolute atomic E-state index is 0.195. The summed E-state index contributed by atoms with van der Waals surface area (Å²) in [5, 5.41) is 0. The van der Waals surface area contributed by atoms with E-state index in [9.17, 15) is 8.42 Å². The first-order valence-corrected chi connectivity index (χ1v) is 7.81. The molecule has 1 rings (SSSR count). The highest BCUT2D eigenvalue weighted by Gasteiger charge is 2.16. The number of ether oxygens (including phenoxy) is 1. The number of benzene rings is 1. The predicted octanol–water partition coefficient (Wildman–Crippen LogP) is 1.10. The quantitative estimate of drug-likeness (QED) is 0.701. The van der Waals surface area contributed by atoms with Gasteiger partial charge in [0.15, 0.2) is 0 Å². The Kier molecular flexibility index (Phi) is 6.44. The van der Waals surface area contributed by atoms with Gasteiger partial charge in [-0.05, 0) is 17.5 Å². The molecule has 0 unspecified atom stereocenters. The number of hydrogen-bond acceptors (Lipinski definition) is 4. The summed E-state index contributed by atoms with van der Waals surface area (Å²) in [5.41, 5.74) is 6.15. The second-order valence-electron chi connectivity index (χ2n) is 4.68. The monoisotopic (exact) mass is 286 g/mol. The zero-order valence-electron chi connectivity index (χ0n) is 11.4.